The summed E-state index contributed by atoms with van der Waals surface area (Å²) in [6.45, 7) is 0. The van der Waals surface area contributed by atoms with Crippen LogP contribution in [0.3, 0.4) is 0 Å². The molecule has 0 amide bonds. The van der Waals surface area contributed by atoms with Crippen LogP contribution in [0.1, 0.15) is 35.2 Å². The molecule has 0 spiro atoms. The standard InChI is InChI=1S/C23H18N4O2/c24-16-23(19-12-7-13-20(14-19)27(28)29)26-22(18-10-5-2-6-11-18)15-21(25-26)17-8-3-1-4-9-17/h1-14,22-23H,15H2/t22-,23-/m1/s1. The molecule has 2 atom stereocenters. The molecule has 0 radical (unpaired) electrons. The van der Waals surface area contributed by atoms with Gasteiger partial charge in [0.1, 0.15) is 0 Å². The number of hydrogen-bond donors (Lipinski definition) is 0. The third kappa shape index (κ3) is 3.71. The van der Waals surface area contributed by atoms with Crippen LogP contribution in [0, 0.1) is 21.4 Å². The first-order valence-corrected chi connectivity index (χ1v) is 9.27. The van der Waals surface area contributed by atoms with Crippen molar-refractivity contribution in [3.63, 3.8) is 0 Å². The van der Waals surface area contributed by atoms with E-state index >= 15 is 0 Å². The lowest BCUT2D eigenvalue weighted by molar-refractivity contribution is -0.384. The molecule has 0 unspecified atom stereocenters. The summed E-state index contributed by atoms with van der Waals surface area (Å²) < 4.78 is 0. The molecule has 0 aromatic heterocycles. The zero-order valence-corrected chi connectivity index (χ0v) is 15.6. The number of hydrogen-bond acceptors (Lipinski definition) is 5. The Balaban J connectivity index is 1.77. The highest BCUT2D eigenvalue weighted by molar-refractivity contribution is 6.01. The van der Waals surface area contributed by atoms with Crippen molar-refractivity contribution in [3.8, 4) is 6.07 Å². The third-order valence-electron chi connectivity index (χ3n) is 5.02. The summed E-state index contributed by atoms with van der Waals surface area (Å²) in [5, 5.41) is 27.7. The van der Waals surface area contributed by atoms with E-state index in [2.05, 4.69) is 6.07 Å². The molecule has 4 rings (SSSR count). The van der Waals surface area contributed by atoms with Crippen molar-refractivity contribution in [2.75, 3.05) is 0 Å². The molecule has 1 aliphatic heterocycles. The van der Waals surface area contributed by atoms with Gasteiger partial charge in [-0.25, -0.2) is 0 Å². The molecule has 0 saturated carbocycles. The Morgan fingerprint density at radius 1 is 1.03 bits per heavy atom. The van der Waals surface area contributed by atoms with Crippen molar-refractivity contribution in [1.29, 1.82) is 5.26 Å². The van der Waals surface area contributed by atoms with Crippen molar-refractivity contribution in [2.45, 2.75) is 18.5 Å². The lowest BCUT2D eigenvalue weighted by Crippen LogP contribution is -2.24. The Bertz CT molecular complexity index is 1090. The van der Waals surface area contributed by atoms with Gasteiger partial charge in [-0.1, -0.05) is 72.8 Å². The number of rotatable bonds is 5. The summed E-state index contributed by atoms with van der Waals surface area (Å²) in [6, 6.07) is 27.4. The van der Waals surface area contributed by atoms with E-state index < -0.39 is 11.0 Å². The first kappa shape index (κ1) is 18.4. The zero-order chi connectivity index (χ0) is 20.2. The number of nitro benzene ring substituents is 1. The second-order valence-electron chi connectivity index (χ2n) is 6.81. The van der Waals surface area contributed by atoms with Gasteiger partial charge in [0.25, 0.3) is 5.69 Å². The van der Waals surface area contributed by atoms with Gasteiger partial charge in [0.05, 0.1) is 22.7 Å². The maximum absolute atomic E-state index is 11.2. The molecule has 1 aliphatic rings. The van der Waals surface area contributed by atoms with Gasteiger partial charge in [0, 0.05) is 18.6 Å². The maximum Gasteiger partial charge on any atom is 0.269 e. The molecular formula is C23H18N4O2. The number of benzene rings is 3. The second-order valence-corrected chi connectivity index (χ2v) is 6.81. The Labute approximate surface area is 168 Å². The predicted molar refractivity (Wildman–Crippen MR) is 110 cm³/mol. The molecule has 1 heterocycles. The van der Waals surface area contributed by atoms with Crippen molar-refractivity contribution in [2.24, 2.45) is 5.10 Å². The molecule has 0 aliphatic carbocycles. The van der Waals surface area contributed by atoms with Gasteiger partial charge in [-0.05, 0) is 16.7 Å². The molecule has 0 fully saturated rings. The fourth-order valence-electron chi connectivity index (χ4n) is 3.61. The van der Waals surface area contributed by atoms with Crippen molar-refractivity contribution >= 4 is 11.4 Å². The number of nitrogens with zero attached hydrogens (tertiary/aromatic N) is 4. The van der Waals surface area contributed by atoms with E-state index in [1.165, 1.54) is 12.1 Å². The van der Waals surface area contributed by atoms with Gasteiger partial charge >= 0.3 is 0 Å². The smallest absolute Gasteiger partial charge is 0.267 e. The molecule has 6 nitrogen and oxygen atoms in total. The van der Waals surface area contributed by atoms with Crippen LogP contribution in [-0.2, 0) is 0 Å². The van der Waals surface area contributed by atoms with E-state index in [9.17, 15) is 15.4 Å². The van der Waals surface area contributed by atoms with E-state index in [1.54, 1.807) is 17.1 Å². The van der Waals surface area contributed by atoms with Crippen LogP contribution in [0.25, 0.3) is 0 Å². The van der Waals surface area contributed by atoms with Crippen LogP contribution >= 0.6 is 0 Å². The predicted octanol–water partition coefficient (Wildman–Crippen LogP) is 5.01. The molecule has 3 aromatic rings. The van der Waals surface area contributed by atoms with E-state index in [0.717, 1.165) is 16.8 Å². The summed E-state index contributed by atoms with van der Waals surface area (Å²) in [7, 11) is 0. The van der Waals surface area contributed by atoms with Crippen LogP contribution in [0.15, 0.2) is 90.0 Å². The largest absolute Gasteiger partial charge is 0.269 e. The van der Waals surface area contributed by atoms with Crippen molar-refractivity contribution < 1.29 is 4.92 Å². The van der Waals surface area contributed by atoms with Crippen LogP contribution in [0.5, 0.6) is 0 Å². The topological polar surface area (TPSA) is 82.5 Å². The summed E-state index contributed by atoms with van der Waals surface area (Å²) in [5.41, 5.74) is 3.47. The molecule has 142 valence electrons. The highest BCUT2D eigenvalue weighted by Crippen LogP contribution is 2.39. The van der Waals surface area contributed by atoms with Gasteiger partial charge in [-0.2, -0.15) is 10.4 Å². The summed E-state index contributed by atoms with van der Waals surface area (Å²) in [4.78, 5) is 10.7. The van der Waals surface area contributed by atoms with E-state index in [1.807, 2.05) is 60.7 Å². The van der Waals surface area contributed by atoms with Gasteiger partial charge in [-0.15, -0.1) is 0 Å². The fraction of sp³-hybridized carbons (Fsp3) is 0.130. The van der Waals surface area contributed by atoms with Crippen LogP contribution < -0.4 is 0 Å². The summed E-state index contributed by atoms with van der Waals surface area (Å²) >= 11 is 0. The SMILES string of the molecule is N#C[C@H](c1cccc([N+](=O)[O-])c1)N1N=C(c2ccccc2)C[C@@H]1c1ccccc1. The second kappa shape index (κ2) is 7.95. The fourth-order valence-corrected chi connectivity index (χ4v) is 3.61. The number of non-ortho nitro benzene ring substituents is 1. The molecule has 0 saturated heterocycles. The Morgan fingerprint density at radius 2 is 1.72 bits per heavy atom. The molecule has 6 heteroatoms. The zero-order valence-electron chi connectivity index (χ0n) is 15.6. The highest BCUT2D eigenvalue weighted by Gasteiger charge is 2.34. The summed E-state index contributed by atoms with van der Waals surface area (Å²) in [6.07, 6.45) is 0.654. The number of hydrazone groups is 1. The molecular weight excluding hydrogens is 364 g/mol. The highest BCUT2D eigenvalue weighted by atomic mass is 16.6. The number of nitro groups is 1. The minimum Gasteiger partial charge on any atom is -0.267 e. The minimum atomic E-state index is -0.735. The summed E-state index contributed by atoms with van der Waals surface area (Å²) in [5.74, 6) is 0. The van der Waals surface area contributed by atoms with E-state index in [4.69, 9.17) is 5.10 Å². The van der Waals surface area contributed by atoms with Gasteiger partial charge in [-0.3, -0.25) is 15.1 Å². The monoisotopic (exact) mass is 382 g/mol. The normalized spacial score (nSPS) is 16.7. The van der Waals surface area contributed by atoms with Crippen molar-refractivity contribution in [1.82, 2.24) is 5.01 Å². The maximum atomic E-state index is 11.2. The average Bonchev–Trinajstić information content (AvgIpc) is 3.21. The first-order valence-electron chi connectivity index (χ1n) is 9.27. The van der Waals surface area contributed by atoms with E-state index in [0.29, 0.717) is 12.0 Å². The Kier molecular flexibility index (Phi) is 5.04. The number of nitriles is 1. The van der Waals surface area contributed by atoms with Crippen LogP contribution in [-0.4, -0.2) is 15.6 Å². The van der Waals surface area contributed by atoms with Crippen molar-refractivity contribution in [3.05, 3.63) is 112 Å². The Morgan fingerprint density at radius 3 is 2.38 bits per heavy atom. The minimum absolute atomic E-state index is 0.0366. The molecule has 0 N–H and O–H groups in total. The molecule has 3 aromatic carbocycles. The van der Waals surface area contributed by atoms with Gasteiger partial charge in [0.15, 0.2) is 6.04 Å². The van der Waals surface area contributed by atoms with Crippen LogP contribution in [0.4, 0.5) is 5.69 Å². The lowest BCUT2D eigenvalue weighted by Gasteiger charge is -2.28. The molecule has 0 bridgehead atoms. The van der Waals surface area contributed by atoms with Gasteiger partial charge < -0.3 is 0 Å². The molecule has 29 heavy (non-hydrogen) atoms. The van der Waals surface area contributed by atoms with Crippen LogP contribution in [0.2, 0.25) is 0 Å². The quantitative estimate of drug-likeness (QED) is 0.459. The Hall–Kier alpha value is -3.98. The average molecular weight is 382 g/mol. The first-order chi connectivity index (χ1) is 14.2. The van der Waals surface area contributed by atoms with E-state index in [-0.39, 0.29) is 11.7 Å². The van der Waals surface area contributed by atoms with Gasteiger partial charge in [0.2, 0.25) is 0 Å². The lowest BCUT2D eigenvalue weighted by atomic mass is 9.97. The third-order valence-corrected chi connectivity index (χ3v) is 5.02.